The molecule has 1 aromatic carbocycles. The van der Waals surface area contributed by atoms with E-state index in [9.17, 15) is 4.21 Å². The predicted molar refractivity (Wildman–Crippen MR) is 118 cm³/mol. The summed E-state index contributed by atoms with van der Waals surface area (Å²) in [5.74, 6) is 0.406. The van der Waals surface area contributed by atoms with E-state index >= 15 is 0 Å². The lowest BCUT2D eigenvalue weighted by Crippen LogP contribution is -2.14. The molecule has 0 saturated carbocycles. The zero-order valence-corrected chi connectivity index (χ0v) is 19.3. The SMILES string of the molecule is CCN(C)/C=N\c1cc(Br)c(N=S(=O)(c2ccc(Cl)cc2)C(C)C)nc1C. The van der Waals surface area contributed by atoms with Crippen molar-refractivity contribution in [2.45, 2.75) is 37.8 Å². The second-order valence-electron chi connectivity index (χ2n) is 6.38. The van der Waals surface area contributed by atoms with E-state index in [1.54, 1.807) is 30.6 Å². The van der Waals surface area contributed by atoms with Crippen LogP contribution in [0.4, 0.5) is 11.5 Å². The van der Waals surface area contributed by atoms with Crippen molar-refractivity contribution < 1.29 is 4.21 Å². The zero-order valence-electron chi connectivity index (χ0n) is 16.1. The molecule has 0 saturated heterocycles. The van der Waals surface area contributed by atoms with E-state index in [0.29, 0.717) is 20.2 Å². The van der Waals surface area contributed by atoms with Crippen molar-refractivity contribution in [1.82, 2.24) is 9.88 Å². The van der Waals surface area contributed by atoms with E-state index in [1.807, 2.05) is 45.7 Å². The molecule has 0 aliphatic carbocycles. The fraction of sp³-hybridized carbons (Fsp3) is 0.368. The van der Waals surface area contributed by atoms with Gasteiger partial charge >= 0.3 is 0 Å². The van der Waals surface area contributed by atoms with Gasteiger partial charge in [0.15, 0.2) is 5.82 Å². The molecule has 1 aromatic heterocycles. The van der Waals surface area contributed by atoms with Gasteiger partial charge in [-0.1, -0.05) is 11.6 Å². The van der Waals surface area contributed by atoms with Crippen molar-refractivity contribution >= 4 is 55.1 Å². The summed E-state index contributed by atoms with van der Waals surface area (Å²) < 4.78 is 18.9. The van der Waals surface area contributed by atoms with Gasteiger partial charge in [0, 0.05) is 28.8 Å². The maximum absolute atomic E-state index is 13.7. The average Bonchev–Trinajstić information content (AvgIpc) is 2.63. The Labute approximate surface area is 175 Å². The van der Waals surface area contributed by atoms with Crippen molar-refractivity contribution in [2.75, 3.05) is 13.6 Å². The molecular weight excluding hydrogens is 448 g/mol. The summed E-state index contributed by atoms with van der Waals surface area (Å²) in [4.78, 5) is 11.6. The van der Waals surface area contributed by atoms with Crippen molar-refractivity contribution in [3.63, 3.8) is 0 Å². The van der Waals surface area contributed by atoms with Gasteiger partial charge in [0.1, 0.15) is 0 Å². The van der Waals surface area contributed by atoms with Crippen molar-refractivity contribution in [2.24, 2.45) is 9.36 Å². The van der Waals surface area contributed by atoms with E-state index in [0.717, 1.165) is 17.9 Å². The number of halogens is 2. The number of nitrogens with zero attached hydrogens (tertiary/aromatic N) is 4. The van der Waals surface area contributed by atoms with Crippen molar-refractivity contribution in [3.05, 3.63) is 45.5 Å². The Kier molecular flexibility index (Phi) is 7.42. The van der Waals surface area contributed by atoms with Gasteiger partial charge in [-0.3, -0.25) is 0 Å². The maximum Gasteiger partial charge on any atom is 0.176 e. The normalized spacial score (nSPS) is 13.8. The second kappa shape index (κ2) is 9.17. The van der Waals surface area contributed by atoms with Crippen molar-refractivity contribution in [3.8, 4) is 0 Å². The minimum atomic E-state index is -2.71. The summed E-state index contributed by atoms with van der Waals surface area (Å²) in [6.07, 6.45) is 1.76. The van der Waals surface area contributed by atoms with Gasteiger partial charge in [-0.05, 0) is 74.0 Å². The van der Waals surface area contributed by atoms with Gasteiger partial charge in [-0.2, -0.15) is 4.36 Å². The van der Waals surface area contributed by atoms with Crippen LogP contribution < -0.4 is 0 Å². The van der Waals surface area contributed by atoms with Crippen LogP contribution in [0.2, 0.25) is 5.02 Å². The maximum atomic E-state index is 13.7. The Morgan fingerprint density at radius 1 is 1.33 bits per heavy atom. The van der Waals surface area contributed by atoms with Crippen LogP contribution in [0.15, 0.2) is 49.1 Å². The number of aryl methyl sites for hydroxylation is 1. The molecule has 0 radical (unpaired) electrons. The smallest absolute Gasteiger partial charge is 0.176 e. The van der Waals surface area contributed by atoms with E-state index in [-0.39, 0.29) is 5.25 Å². The Morgan fingerprint density at radius 3 is 2.52 bits per heavy atom. The van der Waals surface area contributed by atoms with Gasteiger partial charge in [0.25, 0.3) is 0 Å². The fourth-order valence-corrected chi connectivity index (χ4v) is 4.60. The first-order valence-corrected chi connectivity index (χ1v) is 11.4. The van der Waals surface area contributed by atoms with Gasteiger partial charge in [0.2, 0.25) is 0 Å². The van der Waals surface area contributed by atoms with Crippen LogP contribution in [0.1, 0.15) is 26.5 Å². The molecule has 1 heterocycles. The highest BCUT2D eigenvalue weighted by Gasteiger charge is 2.19. The van der Waals surface area contributed by atoms with Crippen molar-refractivity contribution in [1.29, 1.82) is 0 Å². The lowest BCUT2D eigenvalue weighted by molar-refractivity contribution is 0.552. The standard InChI is InChI=1S/C19H24BrClN4OS/c1-6-25(5)12-22-18-11-17(20)19(23-14(18)4)24-27(26,13(2)3)16-9-7-15(21)8-10-16/h7-13H,6H2,1-5H3/b22-12-. The first kappa shape index (κ1) is 21.9. The number of pyridine rings is 1. The van der Waals surface area contributed by atoms with Gasteiger partial charge < -0.3 is 4.90 Å². The van der Waals surface area contributed by atoms with Crippen LogP contribution in [0.5, 0.6) is 0 Å². The molecule has 0 amide bonds. The molecule has 1 atom stereocenters. The summed E-state index contributed by atoms with van der Waals surface area (Å²) in [6, 6.07) is 8.82. The lowest BCUT2D eigenvalue weighted by Gasteiger charge is -2.15. The monoisotopic (exact) mass is 470 g/mol. The largest absolute Gasteiger partial charge is 0.366 e. The summed E-state index contributed by atoms with van der Waals surface area (Å²) in [7, 11) is -0.755. The molecule has 0 N–H and O–H groups in total. The molecule has 0 aliphatic heterocycles. The highest BCUT2D eigenvalue weighted by atomic mass is 79.9. The number of hydrogen-bond acceptors (Lipinski definition) is 4. The van der Waals surface area contributed by atoms with E-state index in [4.69, 9.17) is 11.6 Å². The zero-order chi connectivity index (χ0) is 20.2. The molecule has 146 valence electrons. The quantitative estimate of drug-likeness (QED) is 0.384. The fourth-order valence-electron chi connectivity index (χ4n) is 2.18. The molecule has 27 heavy (non-hydrogen) atoms. The first-order chi connectivity index (χ1) is 12.7. The molecule has 5 nitrogen and oxygen atoms in total. The van der Waals surface area contributed by atoms with Crippen LogP contribution in [0, 0.1) is 6.92 Å². The Balaban J connectivity index is 2.55. The third kappa shape index (κ3) is 5.30. The molecule has 1 unspecified atom stereocenters. The summed E-state index contributed by atoms with van der Waals surface area (Å²) >= 11 is 9.47. The van der Waals surface area contributed by atoms with E-state index in [2.05, 4.69) is 30.3 Å². The Morgan fingerprint density at radius 2 is 1.96 bits per heavy atom. The second-order valence-corrected chi connectivity index (χ2v) is 10.4. The van der Waals surface area contributed by atoms with E-state index in [1.165, 1.54) is 0 Å². The molecule has 2 aromatic rings. The number of aromatic nitrogens is 1. The first-order valence-electron chi connectivity index (χ1n) is 8.60. The molecule has 0 spiro atoms. The minimum Gasteiger partial charge on any atom is -0.366 e. The Bertz CT molecular complexity index is 951. The van der Waals surface area contributed by atoms with Crippen LogP contribution in [-0.2, 0) is 9.73 Å². The van der Waals surface area contributed by atoms with Crippen LogP contribution >= 0.6 is 27.5 Å². The van der Waals surface area contributed by atoms with Gasteiger partial charge in [0.05, 0.1) is 31.9 Å². The van der Waals surface area contributed by atoms with Gasteiger partial charge in [-0.15, -0.1) is 0 Å². The molecule has 8 heteroatoms. The molecular formula is C19H24BrClN4OS. The number of aliphatic imine (C=N–C) groups is 1. The van der Waals surface area contributed by atoms with E-state index < -0.39 is 9.73 Å². The molecule has 0 bridgehead atoms. The third-order valence-corrected chi connectivity index (χ3v) is 7.53. The number of benzene rings is 1. The highest BCUT2D eigenvalue weighted by Crippen LogP contribution is 2.33. The highest BCUT2D eigenvalue weighted by molar-refractivity contribution is 9.10. The Hall–Kier alpha value is -1.44. The van der Waals surface area contributed by atoms with Crippen LogP contribution in [0.25, 0.3) is 0 Å². The minimum absolute atomic E-state index is 0.191. The molecule has 0 aliphatic rings. The topological polar surface area (TPSA) is 57.9 Å². The predicted octanol–water partition coefficient (Wildman–Crippen LogP) is 5.98. The number of hydrogen-bond donors (Lipinski definition) is 0. The summed E-state index contributed by atoms with van der Waals surface area (Å²) in [5, 5.41) is 0.405. The third-order valence-electron chi connectivity index (χ3n) is 4.03. The summed E-state index contributed by atoms with van der Waals surface area (Å²) in [5.41, 5.74) is 1.46. The van der Waals surface area contributed by atoms with Crippen LogP contribution in [0.3, 0.4) is 0 Å². The lowest BCUT2D eigenvalue weighted by atomic mass is 10.3. The molecule has 2 rings (SSSR count). The van der Waals surface area contributed by atoms with Gasteiger partial charge in [-0.25, -0.2) is 14.2 Å². The van der Waals surface area contributed by atoms with Crippen LogP contribution in [-0.4, -0.2) is 39.3 Å². The average molecular weight is 472 g/mol. The summed E-state index contributed by atoms with van der Waals surface area (Å²) in [6.45, 7) is 8.56. The number of rotatable bonds is 6. The molecule has 0 fully saturated rings.